The number of rotatable bonds is 3. The summed E-state index contributed by atoms with van der Waals surface area (Å²) in [5.41, 5.74) is 2.87. The Labute approximate surface area is 98.0 Å². The van der Waals surface area contributed by atoms with Crippen molar-refractivity contribution < 1.29 is 4.74 Å². The second-order valence-electron chi connectivity index (χ2n) is 5.54. The van der Waals surface area contributed by atoms with Crippen LogP contribution in [-0.2, 0) is 16.8 Å². The van der Waals surface area contributed by atoms with Gasteiger partial charge in [0, 0.05) is 13.1 Å². The van der Waals surface area contributed by atoms with Crippen LogP contribution >= 0.6 is 0 Å². The molecule has 1 N–H and O–H groups in total. The standard InChI is InChI=1S/C14H21NO/c1-14(2,3)12-6-4-11(5-7-12)10-16-13-8-15-9-13/h4-7,13,15H,8-10H2,1-3H3. The first-order valence-corrected chi connectivity index (χ1v) is 5.97. The molecular formula is C14H21NO. The molecule has 0 aromatic heterocycles. The van der Waals surface area contributed by atoms with Crippen molar-refractivity contribution >= 4 is 0 Å². The van der Waals surface area contributed by atoms with Crippen LogP contribution in [-0.4, -0.2) is 19.2 Å². The van der Waals surface area contributed by atoms with Crippen LogP contribution in [0.4, 0.5) is 0 Å². The smallest absolute Gasteiger partial charge is 0.0828 e. The predicted molar refractivity (Wildman–Crippen MR) is 66.6 cm³/mol. The Kier molecular flexibility index (Phi) is 3.31. The van der Waals surface area contributed by atoms with Gasteiger partial charge in [0.15, 0.2) is 0 Å². The molecule has 0 bridgehead atoms. The molecule has 0 unspecified atom stereocenters. The third-order valence-electron chi connectivity index (χ3n) is 3.05. The lowest BCUT2D eigenvalue weighted by Gasteiger charge is -2.27. The summed E-state index contributed by atoms with van der Waals surface area (Å²) >= 11 is 0. The van der Waals surface area contributed by atoms with E-state index in [2.05, 4.69) is 50.4 Å². The maximum atomic E-state index is 5.73. The van der Waals surface area contributed by atoms with Crippen LogP contribution in [0.5, 0.6) is 0 Å². The van der Waals surface area contributed by atoms with Gasteiger partial charge in [-0.25, -0.2) is 0 Å². The van der Waals surface area contributed by atoms with Crippen LogP contribution in [0.15, 0.2) is 24.3 Å². The fraction of sp³-hybridized carbons (Fsp3) is 0.571. The first kappa shape index (κ1) is 11.6. The van der Waals surface area contributed by atoms with Crippen molar-refractivity contribution in [3.63, 3.8) is 0 Å². The first-order valence-electron chi connectivity index (χ1n) is 5.97. The topological polar surface area (TPSA) is 21.3 Å². The summed E-state index contributed by atoms with van der Waals surface area (Å²) in [6.45, 7) is 9.44. The maximum Gasteiger partial charge on any atom is 0.0828 e. The minimum atomic E-state index is 0.233. The Bertz CT molecular complexity index is 333. The second-order valence-corrected chi connectivity index (χ2v) is 5.54. The number of benzene rings is 1. The molecule has 2 rings (SSSR count). The van der Waals surface area contributed by atoms with Crippen molar-refractivity contribution in [2.45, 2.75) is 38.9 Å². The van der Waals surface area contributed by atoms with E-state index in [1.807, 2.05) is 0 Å². The van der Waals surface area contributed by atoms with Gasteiger partial charge in [0.2, 0.25) is 0 Å². The van der Waals surface area contributed by atoms with Crippen molar-refractivity contribution in [2.24, 2.45) is 0 Å². The monoisotopic (exact) mass is 219 g/mol. The molecule has 1 heterocycles. The molecule has 1 aromatic carbocycles. The quantitative estimate of drug-likeness (QED) is 0.843. The maximum absolute atomic E-state index is 5.73. The van der Waals surface area contributed by atoms with Crippen molar-refractivity contribution in [1.29, 1.82) is 0 Å². The molecule has 0 atom stereocenters. The molecule has 1 aliphatic heterocycles. The molecule has 1 aliphatic rings. The van der Waals surface area contributed by atoms with E-state index >= 15 is 0 Å². The highest BCUT2D eigenvalue weighted by molar-refractivity contribution is 5.27. The van der Waals surface area contributed by atoms with E-state index in [9.17, 15) is 0 Å². The second kappa shape index (κ2) is 4.56. The zero-order valence-electron chi connectivity index (χ0n) is 10.4. The highest BCUT2D eigenvalue weighted by atomic mass is 16.5. The van der Waals surface area contributed by atoms with Crippen molar-refractivity contribution in [3.05, 3.63) is 35.4 Å². The van der Waals surface area contributed by atoms with Gasteiger partial charge in [-0.1, -0.05) is 45.0 Å². The Morgan fingerprint density at radius 2 is 1.81 bits per heavy atom. The van der Waals surface area contributed by atoms with Crippen molar-refractivity contribution in [3.8, 4) is 0 Å². The number of hydrogen-bond acceptors (Lipinski definition) is 2. The van der Waals surface area contributed by atoms with Crippen LogP contribution in [0.1, 0.15) is 31.9 Å². The minimum Gasteiger partial charge on any atom is -0.371 e. The van der Waals surface area contributed by atoms with Crippen LogP contribution in [0.3, 0.4) is 0 Å². The lowest BCUT2D eigenvalue weighted by Crippen LogP contribution is -2.48. The summed E-state index contributed by atoms with van der Waals surface area (Å²) in [6, 6.07) is 8.76. The molecule has 0 saturated carbocycles. The van der Waals surface area contributed by atoms with Gasteiger partial charge in [-0.15, -0.1) is 0 Å². The largest absolute Gasteiger partial charge is 0.371 e. The highest BCUT2D eigenvalue weighted by Gasteiger charge is 2.17. The molecule has 0 radical (unpaired) electrons. The molecule has 2 heteroatoms. The minimum absolute atomic E-state index is 0.233. The molecule has 0 spiro atoms. The van der Waals surface area contributed by atoms with E-state index in [0.717, 1.165) is 19.7 Å². The SMILES string of the molecule is CC(C)(C)c1ccc(COC2CNC2)cc1. The van der Waals surface area contributed by atoms with Crippen LogP contribution in [0, 0.1) is 0 Å². The zero-order valence-corrected chi connectivity index (χ0v) is 10.4. The van der Waals surface area contributed by atoms with Crippen LogP contribution in [0.25, 0.3) is 0 Å². The summed E-state index contributed by atoms with van der Waals surface area (Å²) in [5, 5.41) is 3.20. The molecular weight excluding hydrogens is 198 g/mol. The molecule has 1 aromatic rings. The van der Waals surface area contributed by atoms with Gasteiger partial charge in [-0.3, -0.25) is 0 Å². The van der Waals surface area contributed by atoms with Crippen LogP contribution < -0.4 is 5.32 Å². The van der Waals surface area contributed by atoms with Gasteiger partial charge in [0.25, 0.3) is 0 Å². The van der Waals surface area contributed by atoms with Gasteiger partial charge in [-0.2, -0.15) is 0 Å². The molecule has 0 aliphatic carbocycles. The lowest BCUT2D eigenvalue weighted by molar-refractivity contribution is 0.00757. The van der Waals surface area contributed by atoms with Crippen LogP contribution in [0.2, 0.25) is 0 Å². The molecule has 2 nitrogen and oxygen atoms in total. The van der Waals surface area contributed by atoms with E-state index < -0.39 is 0 Å². The normalized spacial score (nSPS) is 17.2. The summed E-state index contributed by atoms with van der Waals surface area (Å²) in [4.78, 5) is 0. The summed E-state index contributed by atoms with van der Waals surface area (Å²) in [5.74, 6) is 0. The van der Waals surface area contributed by atoms with E-state index in [1.165, 1.54) is 11.1 Å². The number of hydrogen-bond donors (Lipinski definition) is 1. The molecule has 0 amide bonds. The third-order valence-corrected chi connectivity index (χ3v) is 3.05. The predicted octanol–water partition coefficient (Wildman–Crippen LogP) is 2.47. The zero-order chi connectivity index (χ0) is 11.6. The average molecular weight is 219 g/mol. The molecule has 1 fully saturated rings. The lowest BCUT2D eigenvalue weighted by atomic mass is 9.87. The van der Waals surface area contributed by atoms with E-state index in [1.54, 1.807) is 0 Å². The summed E-state index contributed by atoms with van der Waals surface area (Å²) in [6.07, 6.45) is 0.419. The van der Waals surface area contributed by atoms with Crippen molar-refractivity contribution in [1.82, 2.24) is 5.32 Å². The van der Waals surface area contributed by atoms with Gasteiger partial charge >= 0.3 is 0 Å². The molecule has 16 heavy (non-hydrogen) atoms. The molecule has 88 valence electrons. The van der Waals surface area contributed by atoms with Gasteiger partial charge < -0.3 is 10.1 Å². The third kappa shape index (κ3) is 2.83. The Morgan fingerprint density at radius 3 is 2.25 bits per heavy atom. The average Bonchev–Trinajstić information content (AvgIpc) is 2.15. The van der Waals surface area contributed by atoms with Gasteiger partial charge in [0.05, 0.1) is 12.7 Å². The van der Waals surface area contributed by atoms with Crippen molar-refractivity contribution in [2.75, 3.05) is 13.1 Å². The number of ether oxygens (including phenoxy) is 1. The highest BCUT2D eigenvalue weighted by Crippen LogP contribution is 2.22. The summed E-state index contributed by atoms with van der Waals surface area (Å²) < 4.78 is 5.73. The van der Waals surface area contributed by atoms with Gasteiger partial charge in [-0.05, 0) is 16.5 Å². The summed E-state index contributed by atoms with van der Waals surface area (Å²) in [7, 11) is 0. The fourth-order valence-electron chi connectivity index (χ4n) is 1.70. The Balaban J connectivity index is 1.91. The van der Waals surface area contributed by atoms with E-state index in [-0.39, 0.29) is 5.41 Å². The van der Waals surface area contributed by atoms with E-state index in [4.69, 9.17) is 4.74 Å². The van der Waals surface area contributed by atoms with E-state index in [0.29, 0.717) is 6.10 Å². The fourth-order valence-corrected chi connectivity index (χ4v) is 1.70. The molecule has 1 saturated heterocycles. The van der Waals surface area contributed by atoms with Gasteiger partial charge in [0.1, 0.15) is 0 Å². The first-order chi connectivity index (χ1) is 7.55. The Hall–Kier alpha value is -0.860. The number of nitrogens with one attached hydrogen (secondary N) is 1. The Morgan fingerprint density at radius 1 is 1.19 bits per heavy atom.